The fourth-order valence-corrected chi connectivity index (χ4v) is 3.29. The van der Waals surface area contributed by atoms with Gasteiger partial charge in [-0.15, -0.1) is 0 Å². The van der Waals surface area contributed by atoms with Crippen LogP contribution in [0.25, 0.3) is 10.9 Å². The molecule has 1 aliphatic carbocycles. The second-order valence-corrected chi connectivity index (χ2v) is 6.24. The summed E-state index contributed by atoms with van der Waals surface area (Å²) in [6, 6.07) is 6.97. The molecule has 1 saturated carbocycles. The highest BCUT2D eigenvalue weighted by molar-refractivity contribution is 7.71. The van der Waals surface area contributed by atoms with Gasteiger partial charge in [-0.2, -0.15) is 0 Å². The summed E-state index contributed by atoms with van der Waals surface area (Å²) in [6.45, 7) is 0.216. The lowest BCUT2D eigenvalue weighted by molar-refractivity contribution is -0.122. The Kier molecular flexibility index (Phi) is 4.58. The smallest absolute Gasteiger partial charge is 0.262 e. The fourth-order valence-electron chi connectivity index (χ4n) is 3.00. The molecule has 1 fully saturated rings. The topological polar surface area (TPSA) is 87.1 Å². The number of fused-ring (bicyclic) bond motifs is 1. The summed E-state index contributed by atoms with van der Waals surface area (Å²) < 4.78 is 1.71. The second kappa shape index (κ2) is 6.64. The number of hydrogen-bond donors (Lipinski definition) is 3. The fraction of sp³-hybridized carbons (Fsp3) is 0.438. The summed E-state index contributed by atoms with van der Waals surface area (Å²) in [5.74, 6) is -0.176. The molecule has 1 aromatic carbocycles. The minimum absolute atomic E-state index is 0.152. The highest BCUT2D eigenvalue weighted by Crippen LogP contribution is 2.18. The van der Waals surface area contributed by atoms with Gasteiger partial charge in [0.15, 0.2) is 4.77 Å². The maximum Gasteiger partial charge on any atom is 0.262 e. The van der Waals surface area contributed by atoms with Crippen molar-refractivity contribution in [3.8, 4) is 0 Å². The number of nitrogens with one attached hydrogen (secondary N) is 2. The van der Waals surface area contributed by atoms with Crippen molar-refractivity contribution >= 4 is 29.0 Å². The predicted octanol–water partition coefficient (Wildman–Crippen LogP) is 1.48. The number of benzene rings is 1. The molecule has 3 rings (SSSR count). The Morgan fingerprint density at radius 1 is 1.39 bits per heavy atom. The summed E-state index contributed by atoms with van der Waals surface area (Å²) in [5, 5.41) is 13.1. The van der Waals surface area contributed by atoms with Crippen LogP contribution in [0.1, 0.15) is 25.7 Å². The Morgan fingerprint density at radius 3 is 2.91 bits per heavy atom. The maximum absolute atomic E-state index is 12.5. The molecule has 23 heavy (non-hydrogen) atoms. The van der Waals surface area contributed by atoms with Gasteiger partial charge >= 0.3 is 0 Å². The van der Waals surface area contributed by atoms with Crippen LogP contribution in [-0.2, 0) is 11.3 Å². The number of para-hydroxylation sites is 1. The van der Waals surface area contributed by atoms with Crippen molar-refractivity contribution in [3.05, 3.63) is 39.4 Å². The number of amides is 1. The van der Waals surface area contributed by atoms with Crippen LogP contribution in [-0.4, -0.2) is 32.7 Å². The predicted molar refractivity (Wildman–Crippen MR) is 89.8 cm³/mol. The van der Waals surface area contributed by atoms with Gasteiger partial charge in [0.05, 0.1) is 23.0 Å². The lowest BCUT2D eigenvalue weighted by Gasteiger charge is -2.16. The Hall–Kier alpha value is -1.99. The van der Waals surface area contributed by atoms with E-state index in [1.165, 1.54) is 4.57 Å². The molecule has 2 atom stereocenters. The summed E-state index contributed by atoms with van der Waals surface area (Å²) in [6.07, 6.45) is 2.12. The lowest BCUT2D eigenvalue weighted by Crippen LogP contribution is -2.40. The molecule has 2 unspecified atom stereocenters. The van der Waals surface area contributed by atoms with Gasteiger partial charge in [0.2, 0.25) is 5.91 Å². The van der Waals surface area contributed by atoms with Crippen LogP contribution in [0, 0.1) is 4.77 Å². The van der Waals surface area contributed by atoms with Gasteiger partial charge in [0.25, 0.3) is 5.56 Å². The van der Waals surface area contributed by atoms with Crippen LogP contribution in [0.5, 0.6) is 0 Å². The third-order valence-corrected chi connectivity index (χ3v) is 4.60. The first kappa shape index (κ1) is 15.9. The zero-order chi connectivity index (χ0) is 16.4. The summed E-state index contributed by atoms with van der Waals surface area (Å²) in [4.78, 5) is 27.5. The number of carbonyl (C=O) groups is 1. The number of H-pyrrole nitrogens is 1. The van der Waals surface area contributed by atoms with Gasteiger partial charge in [-0.25, -0.2) is 0 Å². The first-order valence-corrected chi connectivity index (χ1v) is 8.16. The van der Waals surface area contributed by atoms with Crippen molar-refractivity contribution in [1.29, 1.82) is 0 Å². The van der Waals surface area contributed by atoms with Crippen molar-refractivity contribution in [1.82, 2.24) is 14.9 Å². The van der Waals surface area contributed by atoms with E-state index in [0.717, 1.165) is 19.3 Å². The third-order valence-electron chi connectivity index (χ3n) is 4.28. The van der Waals surface area contributed by atoms with Gasteiger partial charge in [-0.3, -0.25) is 14.2 Å². The lowest BCUT2D eigenvalue weighted by atomic mass is 10.2. The minimum atomic E-state index is -0.467. The van der Waals surface area contributed by atoms with Gasteiger partial charge in [0, 0.05) is 13.0 Å². The van der Waals surface area contributed by atoms with Gasteiger partial charge in [0.1, 0.15) is 0 Å². The monoisotopic (exact) mass is 333 g/mol. The van der Waals surface area contributed by atoms with E-state index in [2.05, 4.69) is 10.3 Å². The van der Waals surface area contributed by atoms with Gasteiger partial charge in [-0.05, 0) is 43.6 Å². The molecule has 0 radical (unpaired) electrons. The van der Waals surface area contributed by atoms with Crippen molar-refractivity contribution < 1.29 is 9.90 Å². The van der Waals surface area contributed by atoms with E-state index in [4.69, 9.17) is 12.2 Å². The zero-order valence-corrected chi connectivity index (χ0v) is 13.4. The summed E-state index contributed by atoms with van der Waals surface area (Å²) in [7, 11) is 0. The Labute approximate surface area is 138 Å². The molecule has 0 spiro atoms. The van der Waals surface area contributed by atoms with E-state index in [1.54, 1.807) is 18.2 Å². The van der Waals surface area contributed by atoms with Crippen LogP contribution in [0.15, 0.2) is 29.1 Å². The van der Waals surface area contributed by atoms with Crippen LogP contribution < -0.4 is 10.9 Å². The molecular weight excluding hydrogens is 314 g/mol. The highest BCUT2D eigenvalue weighted by atomic mass is 32.1. The third kappa shape index (κ3) is 3.35. The average Bonchev–Trinajstić information content (AvgIpc) is 2.92. The number of rotatable bonds is 4. The van der Waals surface area contributed by atoms with E-state index in [1.807, 2.05) is 6.07 Å². The molecule has 1 aliphatic rings. The second-order valence-electron chi connectivity index (χ2n) is 5.85. The van der Waals surface area contributed by atoms with E-state index in [0.29, 0.717) is 15.7 Å². The van der Waals surface area contributed by atoms with Crippen LogP contribution >= 0.6 is 12.2 Å². The number of aromatic nitrogens is 2. The van der Waals surface area contributed by atoms with Gasteiger partial charge < -0.3 is 15.4 Å². The molecular formula is C16H19N3O3S. The molecule has 0 saturated heterocycles. The molecule has 3 N–H and O–H groups in total. The largest absolute Gasteiger partial charge is 0.391 e. The number of nitrogens with zero attached hydrogens (tertiary/aromatic N) is 1. The number of hydrogen-bond acceptors (Lipinski definition) is 4. The van der Waals surface area contributed by atoms with Crippen molar-refractivity contribution in [3.63, 3.8) is 0 Å². The first-order chi connectivity index (χ1) is 11.1. The average molecular weight is 333 g/mol. The SMILES string of the molecule is O=C(CCn1c(=S)[nH]c2ccccc2c1=O)NC1CCCC1O. The molecule has 0 aliphatic heterocycles. The molecule has 2 aromatic rings. The highest BCUT2D eigenvalue weighted by Gasteiger charge is 2.26. The first-order valence-electron chi connectivity index (χ1n) is 7.75. The molecule has 122 valence electrons. The standard InChI is InChI=1S/C16H19N3O3S/c20-13-7-3-6-12(13)17-14(21)8-9-19-15(22)10-4-1-2-5-11(10)18-16(19)23/h1-2,4-5,12-13,20H,3,6-9H2,(H,17,21)(H,18,23). The quantitative estimate of drug-likeness (QED) is 0.740. The van der Waals surface area contributed by atoms with Crippen molar-refractivity contribution in [2.24, 2.45) is 0 Å². The van der Waals surface area contributed by atoms with E-state index in [-0.39, 0.29) is 30.5 Å². The van der Waals surface area contributed by atoms with Crippen LogP contribution in [0.3, 0.4) is 0 Å². The Morgan fingerprint density at radius 2 is 2.17 bits per heavy atom. The normalized spacial score (nSPS) is 20.7. The summed E-state index contributed by atoms with van der Waals surface area (Å²) in [5.41, 5.74) is 0.496. The number of carbonyl (C=O) groups excluding carboxylic acids is 1. The molecule has 6 nitrogen and oxygen atoms in total. The Balaban J connectivity index is 1.73. The maximum atomic E-state index is 12.5. The minimum Gasteiger partial charge on any atom is -0.391 e. The molecule has 1 amide bonds. The van der Waals surface area contributed by atoms with E-state index >= 15 is 0 Å². The number of aliphatic hydroxyl groups excluding tert-OH is 1. The van der Waals surface area contributed by atoms with E-state index < -0.39 is 6.10 Å². The number of aliphatic hydroxyl groups is 1. The number of aromatic amines is 1. The van der Waals surface area contributed by atoms with Crippen LogP contribution in [0.2, 0.25) is 0 Å². The van der Waals surface area contributed by atoms with E-state index in [9.17, 15) is 14.7 Å². The van der Waals surface area contributed by atoms with Crippen molar-refractivity contribution in [2.75, 3.05) is 0 Å². The van der Waals surface area contributed by atoms with Crippen LogP contribution in [0.4, 0.5) is 0 Å². The molecule has 0 bridgehead atoms. The zero-order valence-electron chi connectivity index (χ0n) is 12.6. The Bertz CT molecular complexity index is 842. The molecule has 1 heterocycles. The summed E-state index contributed by atoms with van der Waals surface area (Å²) >= 11 is 5.22. The van der Waals surface area contributed by atoms with Gasteiger partial charge in [-0.1, -0.05) is 12.1 Å². The molecule has 1 aromatic heterocycles. The molecule has 7 heteroatoms. The van der Waals surface area contributed by atoms with Crippen molar-refractivity contribution in [2.45, 2.75) is 44.4 Å².